The summed E-state index contributed by atoms with van der Waals surface area (Å²) in [6.45, 7) is 16.4. The summed E-state index contributed by atoms with van der Waals surface area (Å²) in [5.41, 5.74) is 6.30. The van der Waals surface area contributed by atoms with Crippen LogP contribution in [-0.2, 0) is 70.1 Å². The van der Waals surface area contributed by atoms with Crippen LogP contribution in [0.25, 0.3) is 0 Å². The second kappa shape index (κ2) is 31.4. The van der Waals surface area contributed by atoms with Gasteiger partial charge in [0.1, 0.15) is 41.3 Å². The maximum Gasteiger partial charge on any atom is 0.334 e. The number of aryl methyl sites for hydroxylation is 1. The highest BCUT2D eigenvalue weighted by Gasteiger charge is 2.64. The number of anilines is 1. The molecule has 3 heterocycles. The first-order valence-corrected chi connectivity index (χ1v) is 30.4. The molecule has 0 aliphatic carbocycles. The van der Waals surface area contributed by atoms with Crippen LogP contribution in [0.3, 0.4) is 0 Å². The van der Waals surface area contributed by atoms with Crippen LogP contribution in [0.2, 0.25) is 5.02 Å². The van der Waals surface area contributed by atoms with E-state index in [2.05, 4.69) is 33.1 Å². The summed E-state index contributed by atoms with van der Waals surface area (Å²) in [4.78, 5) is 123. The molecule has 0 radical (unpaired) electrons. The molecule has 4 bridgehead atoms. The maximum absolute atomic E-state index is 14.5. The van der Waals surface area contributed by atoms with E-state index in [-0.39, 0.29) is 81.1 Å². The molecule has 2 saturated heterocycles. The van der Waals surface area contributed by atoms with Crippen molar-refractivity contribution in [3.63, 3.8) is 0 Å². The number of ether oxygens (including phenoxy) is 5. The lowest BCUT2D eigenvalue weighted by molar-refractivity contribution is -0.187. The van der Waals surface area contributed by atoms with Gasteiger partial charge < -0.3 is 55.0 Å². The summed E-state index contributed by atoms with van der Waals surface area (Å²) in [7, 11) is 4.46. The van der Waals surface area contributed by atoms with Gasteiger partial charge in [0.25, 0.3) is 5.91 Å². The number of allylic oxidation sites excluding steroid dienone is 3. The minimum Gasteiger partial charge on any atom is -0.462 e. The summed E-state index contributed by atoms with van der Waals surface area (Å²) >= 11 is 10.0. The number of alkyl halides is 1. The molecule has 0 aromatic heterocycles. The number of hydrogen-bond donors (Lipinski definition) is 4. The number of aliphatic hydroxyl groups is 1. The second-order valence-corrected chi connectivity index (χ2v) is 24.3. The van der Waals surface area contributed by atoms with Gasteiger partial charge in [0.15, 0.2) is 5.78 Å². The fourth-order valence-corrected chi connectivity index (χ4v) is 11.2. The number of epoxide rings is 1. The fourth-order valence-electron chi connectivity index (χ4n) is 10.8. The van der Waals surface area contributed by atoms with Gasteiger partial charge in [-0.05, 0) is 107 Å². The van der Waals surface area contributed by atoms with E-state index in [1.54, 1.807) is 45.2 Å². The second-order valence-electron chi connectivity index (χ2n) is 23.4. The molecule has 85 heavy (non-hydrogen) atoms. The smallest absolute Gasteiger partial charge is 0.334 e. The van der Waals surface area contributed by atoms with Crippen LogP contribution < -0.4 is 21.3 Å². The minimum absolute atomic E-state index is 0.000401. The lowest BCUT2D eigenvalue weighted by atomic mass is 9.78. The first kappa shape index (κ1) is 69.5. The number of urea groups is 1. The third-order valence-electron chi connectivity index (χ3n) is 16.3. The number of primary amides is 1. The number of carbonyl (C=O) groups excluding carboxylic acids is 9. The summed E-state index contributed by atoms with van der Waals surface area (Å²) in [6.07, 6.45) is 3.68. The number of unbranched alkanes of at least 4 members (excludes halogenated alkanes) is 2. The Bertz CT molecular complexity index is 2860. The van der Waals surface area contributed by atoms with Gasteiger partial charge in [-0.2, -0.15) is 0 Å². The van der Waals surface area contributed by atoms with E-state index in [0.29, 0.717) is 59.3 Å². The van der Waals surface area contributed by atoms with E-state index in [0.717, 1.165) is 16.7 Å². The number of esters is 3. The van der Waals surface area contributed by atoms with Crippen LogP contribution in [0, 0.1) is 24.7 Å². The van der Waals surface area contributed by atoms with Gasteiger partial charge in [0, 0.05) is 81.7 Å². The molecule has 466 valence electrons. The van der Waals surface area contributed by atoms with Crippen LogP contribution in [0.5, 0.6) is 0 Å². The number of methoxy groups -OCH3 is 1. The van der Waals surface area contributed by atoms with Crippen LogP contribution in [0.1, 0.15) is 133 Å². The third kappa shape index (κ3) is 19.1. The summed E-state index contributed by atoms with van der Waals surface area (Å²) in [5, 5.41) is 18.0. The Morgan fingerprint density at radius 2 is 1.73 bits per heavy atom. The van der Waals surface area contributed by atoms with Gasteiger partial charge >= 0.3 is 23.9 Å². The first-order valence-electron chi connectivity index (χ1n) is 28.9. The van der Waals surface area contributed by atoms with Crippen LogP contribution in [-0.4, -0.2) is 151 Å². The van der Waals surface area contributed by atoms with Gasteiger partial charge in [-0.15, -0.1) is 0 Å². The van der Waals surface area contributed by atoms with Crippen molar-refractivity contribution >= 4 is 86.4 Å². The quantitative estimate of drug-likeness (QED) is 0.0185. The summed E-state index contributed by atoms with van der Waals surface area (Å²) < 4.78 is 29.4. The summed E-state index contributed by atoms with van der Waals surface area (Å²) in [5.74, 6) is -5.47. The molecule has 2 fully saturated rings. The van der Waals surface area contributed by atoms with Crippen molar-refractivity contribution in [1.29, 1.82) is 0 Å². The van der Waals surface area contributed by atoms with E-state index in [9.17, 15) is 48.3 Å². The number of rotatable bonds is 25. The number of nitrogens with one attached hydrogen (secondary N) is 2. The number of hydrogen-bond acceptors (Lipinski definition) is 15. The Hall–Kier alpha value is -6.26. The molecule has 10 atom stereocenters. The highest BCUT2D eigenvalue weighted by Crippen LogP contribution is 2.50. The zero-order chi connectivity index (χ0) is 63.1. The molecule has 20 nitrogen and oxygen atoms in total. The molecule has 5 amide bonds. The number of halogens is 2. The van der Waals surface area contributed by atoms with E-state index in [1.165, 1.54) is 43.0 Å². The SMILES string of the molecule is C=C(CBr)C(=O)OCCCCCC(=O)C[C@H](C(=O)N[C@@H](CCCNC(N)=O)C(=O)Cc1ccc(C(=O)N(C)[C@@H](C)C(=O)O[C@H]2CC(=O)N(C)c3cc(cc(C)c3Cl)C/C(C)=C/C=C/[C@@H](OC)[C@]3(O)CC(=O)O[C@@H](C3)[C@@H](C)[C@@H]3O[C@@]23C)cc1)C(C)C. The first-order chi connectivity index (χ1) is 40.0. The van der Waals surface area contributed by atoms with Crippen molar-refractivity contribution in [3.8, 4) is 0 Å². The molecular weight excluding hydrogens is 1180 g/mol. The number of benzene rings is 2. The molecule has 5 rings (SSSR count). The monoisotopic (exact) mass is 1270 g/mol. The maximum atomic E-state index is 14.5. The normalized spacial score (nSPS) is 24.5. The summed E-state index contributed by atoms with van der Waals surface area (Å²) in [6, 6.07) is 7.01. The van der Waals surface area contributed by atoms with E-state index >= 15 is 0 Å². The molecule has 3 aliphatic rings. The number of Topliss-reactive ketones (excluding diaryl/α,β-unsaturated/α-hetero) is 2. The number of ketones is 2. The van der Waals surface area contributed by atoms with E-state index in [1.807, 2.05) is 45.9 Å². The number of nitrogens with zero attached hydrogens (tertiary/aromatic N) is 2. The number of carbonyl (C=O) groups is 9. The molecule has 0 spiro atoms. The number of fused-ring (bicyclic) bond motifs is 5. The molecule has 0 saturated carbocycles. The van der Waals surface area contributed by atoms with Crippen molar-refractivity contribution in [2.24, 2.45) is 23.5 Å². The van der Waals surface area contributed by atoms with Gasteiger partial charge in [-0.3, -0.25) is 28.8 Å². The highest BCUT2D eigenvalue weighted by molar-refractivity contribution is 9.09. The zero-order valence-corrected chi connectivity index (χ0v) is 52.9. The average Bonchev–Trinajstić information content (AvgIpc) is 1.82. The molecule has 5 N–H and O–H groups in total. The molecular formula is C63H85BrClN5O15. The van der Waals surface area contributed by atoms with Crippen molar-refractivity contribution in [2.75, 3.05) is 44.6 Å². The van der Waals surface area contributed by atoms with E-state index in [4.69, 9.17) is 41.0 Å². The molecule has 2 aromatic rings. The predicted octanol–water partition coefficient (Wildman–Crippen LogP) is 7.71. The Labute approximate surface area is 512 Å². The van der Waals surface area contributed by atoms with Gasteiger partial charge in [0.05, 0.1) is 42.3 Å². The van der Waals surface area contributed by atoms with Crippen molar-refractivity contribution < 1.29 is 71.9 Å². The highest BCUT2D eigenvalue weighted by atomic mass is 79.9. The molecule has 0 unspecified atom stereocenters. The Morgan fingerprint density at radius 3 is 2.38 bits per heavy atom. The van der Waals surface area contributed by atoms with Crippen molar-refractivity contribution in [1.82, 2.24) is 15.5 Å². The molecule has 2 aromatic carbocycles. The number of nitrogens with two attached hydrogens (primary N) is 1. The Balaban J connectivity index is 1.29. The number of amides is 5. The van der Waals surface area contributed by atoms with Crippen molar-refractivity contribution in [3.05, 3.63) is 99.6 Å². The lowest BCUT2D eigenvalue weighted by Gasteiger charge is -2.41. The molecule has 3 aliphatic heterocycles. The van der Waals surface area contributed by atoms with Crippen LogP contribution >= 0.6 is 27.5 Å². The minimum atomic E-state index is -1.64. The fraction of sp³-hybridized carbons (Fsp3) is 0.571. The predicted molar refractivity (Wildman–Crippen MR) is 324 cm³/mol. The zero-order valence-electron chi connectivity index (χ0n) is 50.6. The lowest BCUT2D eigenvalue weighted by Crippen LogP contribution is -2.53. The standard InChI is InChI=1S/C63H85BrClN5O15/c1-36(2)46(31-45(71)18-13-12-14-26-82-59(77)39(5)35-64)57(75)68-47(19-16-25-67-61(66)79)49(72)30-42-21-23-44(24-22-42)58(76)69(9)41(7)60(78)84-52-32-53(73)70(10)48-29-43(28-38(4)55(48)65)27-37(3)17-15-20-51(81-11)63(80)33-50(83-54(74)34-63)40(6)56-62(52,8)85-56/h15,17,20-24,28-29,36,40-41,46-47,50-52,56,80H,5,12-14,16,18-19,25-27,30-35H2,1-4,6-11H3,(H,68,75)(H3,66,67,79)/b20-15+,37-17+/t40-,41+,46+,47+,50+,51-,52+,56+,62+,63-/m1/s1. The average molecular weight is 1270 g/mol. The largest absolute Gasteiger partial charge is 0.462 e. The van der Waals surface area contributed by atoms with Crippen LogP contribution in [0.4, 0.5) is 10.5 Å². The number of likely N-dealkylation sites (N-methyl/N-ethyl adjacent to an activating group) is 1. The Morgan fingerprint density at radius 1 is 1.04 bits per heavy atom. The third-order valence-corrected chi connectivity index (χ3v) is 17.5. The Kier molecular flexibility index (Phi) is 25.7. The topological polar surface area (TPSA) is 280 Å². The van der Waals surface area contributed by atoms with Gasteiger partial charge in [-0.25, -0.2) is 14.4 Å². The van der Waals surface area contributed by atoms with Crippen molar-refractivity contribution in [2.45, 2.75) is 173 Å². The van der Waals surface area contributed by atoms with Crippen LogP contribution in [0.15, 0.2) is 72.4 Å². The molecule has 22 heteroatoms. The van der Waals surface area contributed by atoms with E-state index < -0.39 is 101 Å². The van der Waals surface area contributed by atoms with Gasteiger partial charge in [-0.1, -0.05) is 96.9 Å². The van der Waals surface area contributed by atoms with Gasteiger partial charge in [0.2, 0.25) is 11.8 Å².